The second kappa shape index (κ2) is 24.2. The molecular formula is C60H52N6O8S. The zero-order chi connectivity index (χ0) is 52.6. The van der Waals surface area contributed by atoms with Gasteiger partial charge in [0.15, 0.2) is 0 Å². The summed E-state index contributed by atoms with van der Waals surface area (Å²) in [4.78, 5) is 0.341. The van der Waals surface area contributed by atoms with E-state index < -0.39 is 9.84 Å². The van der Waals surface area contributed by atoms with E-state index in [-0.39, 0.29) is 9.79 Å². The molecule has 0 radical (unpaired) electrons. The molecule has 0 bridgehead atoms. The van der Waals surface area contributed by atoms with Crippen molar-refractivity contribution in [2.45, 2.75) is 9.79 Å². The van der Waals surface area contributed by atoms with Crippen LogP contribution in [0.25, 0.3) is 0 Å². The molecule has 0 amide bonds. The summed E-state index contributed by atoms with van der Waals surface area (Å²) in [5, 5.41) is 0. The van der Waals surface area contributed by atoms with Crippen molar-refractivity contribution in [3.8, 4) is 69.0 Å². The molecule has 0 aliphatic rings. The highest BCUT2D eigenvalue weighted by molar-refractivity contribution is 7.91. The van der Waals surface area contributed by atoms with Crippen molar-refractivity contribution in [3.63, 3.8) is 0 Å². The monoisotopic (exact) mass is 1020 g/mol. The van der Waals surface area contributed by atoms with Crippen LogP contribution >= 0.6 is 0 Å². The molecule has 0 unspecified atom stereocenters. The first-order chi connectivity index (χ1) is 36.3. The Morgan fingerprint density at radius 2 is 0.373 bits per heavy atom. The average molecular weight is 1020 g/mol. The summed E-state index contributed by atoms with van der Waals surface area (Å²) in [6.07, 6.45) is 0. The van der Waals surface area contributed by atoms with Crippen LogP contribution in [0.15, 0.2) is 252 Å². The van der Waals surface area contributed by atoms with Gasteiger partial charge in [-0.15, -0.1) is 0 Å². The van der Waals surface area contributed by atoms with Crippen LogP contribution in [0.2, 0.25) is 0 Å². The second-order valence-electron chi connectivity index (χ2n) is 16.4. The molecule has 10 aromatic carbocycles. The summed E-state index contributed by atoms with van der Waals surface area (Å²) in [6, 6.07) is 70.2. The molecule has 14 nitrogen and oxygen atoms in total. The van der Waals surface area contributed by atoms with Crippen LogP contribution in [-0.4, -0.2) is 8.42 Å². The molecular weight excluding hydrogens is 965 g/mol. The Morgan fingerprint density at radius 3 is 0.573 bits per heavy atom. The minimum absolute atomic E-state index is 0.171. The zero-order valence-electron chi connectivity index (χ0n) is 40.2. The maximum Gasteiger partial charge on any atom is 0.206 e. The van der Waals surface area contributed by atoms with E-state index in [1.54, 1.807) is 121 Å². The van der Waals surface area contributed by atoms with Crippen molar-refractivity contribution in [1.29, 1.82) is 0 Å². The van der Waals surface area contributed by atoms with E-state index in [2.05, 4.69) is 0 Å². The van der Waals surface area contributed by atoms with Gasteiger partial charge in [-0.25, -0.2) is 8.42 Å². The third kappa shape index (κ3) is 15.4. The maximum absolute atomic E-state index is 12.9. The van der Waals surface area contributed by atoms with Crippen molar-refractivity contribution < 1.29 is 36.8 Å². The van der Waals surface area contributed by atoms with Crippen molar-refractivity contribution in [2.75, 3.05) is 34.4 Å². The standard InChI is InChI=1S/C24H20N2O4S.2C18H16N2O2/c25-17-1-5-19(6-2-17)29-21-9-13-23(14-10-21)31(27,28)24-15-11-22(12-16-24)30-20-7-3-18(26)4-8-20;19-13-1-5-15(6-2-13)21-17-9-11-18(12-10-17)22-16-7-3-14(20)4-8-16;19-13-4-8-15(9-5-13)21-17-2-1-3-18(12-17)22-16-10-6-14(20)7-11-16/h1-16H,25-26H2;2*1-12H,19-20H2. The van der Waals surface area contributed by atoms with E-state index >= 15 is 0 Å². The maximum atomic E-state index is 12.9. The van der Waals surface area contributed by atoms with Gasteiger partial charge in [0.25, 0.3) is 0 Å². The summed E-state index contributed by atoms with van der Waals surface area (Å²) in [5.74, 6) is 8.04. The molecule has 0 aliphatic heterocycles. The molecule has 0 aliphatic carbocycles. The minimum atomic E-state index is -3.67. The molecule has 10 rings (SSSR count). The number of anilines is 6. The molecule has 0 saturated carbocycles. The highest BCUT2D eigenvalue weighted by atomic mass is 32.2. The van der Waals surface area contributed by atoms with Gasteiger partial charge in [0.1, 0.15) is 69.0 Å². The van der Waals surface area contributed by atoms with Crippen LogP contribution in [0.5, 0.6) is 69.0 Å². The van der Waals surface area contributed by atoms with Crippen molar-refractivity contribution in [2.24, 2.45) is 0 Å². The largest absolute Gasteiger partial charge is 0.457 e. The molecule has 0 spiro atoms. The molecule has 12 N–H and O–H groups in total. The quantitative estimate of drug-likeness (QED) is 0.0555. The summed E-state index contributed by atoms with van der Waals surface area (Å²) < 4.78 is 60.3. The fraction of sp³-hybridized carbons (Fsp3) is 0. The number of sulfone groups is 1. The Hall–Kier alpha value is -10.3. The minimum Gasteiger partial charge on any atom is -0.457 e. The van der Waals surface area contributed by atoms with E-state index in [1.165, 1.54) is 24.3 Å². The lowest BCUT2D eigenvalue weighted by molar-refractivity contribution is 0.460. The third-order valence-corrected chi connectivity index (χ3v) is 12.4. The number of nitrogens with two attached hydrogens (primary N) is 6. The van der Waals surface area contributed by atoms with E-state index in [0.29, 0.717) is 68.6 Å². The Bertz CT molecular complexity index is 3270. The fourth-order valence-corrected chi connectivity index (χ4v) is 7.98. The molecule has 15 heteroatoms. The predicted molar refractivity (Wildman–Crippen MR) is 297 cm³/mol. The molecule has 376 valence electrons. The number of nitrogen functional groups attached to an aromatic ring is 6. The van der Waals surface area contributed by atoms with E-state index in [9.17, 15) is 8.42 Å². The molecule has 0 atom stereocenters. The summed E-state index contributed by atoms with van der Waals surface area (Å²) >= 11 is 0. The van der Waals surface area contributed by atoms with Crippen LogP contribution < -0.4 is 62.8 Å². The molecule has 75 heavy (non-hydrogen) atoms. The topological polar surface area (TPSA) is 246 Å². The summed E-state index contributed by atoms with van der Waals surface area (Å²) in [7, 11) is -3.67. The van der Waals surface area contributed by atoms with Crippen LogP contribution in [0.4, 0.5) is 34.1 Å². The second-order valence-corrected chi connectivity index (χ2v) is 18.4. The van der Waals surface area contributed by atoms with Gasteiger partial charge < -0.3 is 62.8 Å². The lowest BCUT2D eigenvalue weighted by atomic mass is 10.3. The van der Waals surface area contributed by atoms with Crippen LogP contribution in [0.3, 0.4) is 0 Å². The Kier molecular flexibility index (Phi) is 16.5. The number of ether oxygens (including phenoxy) is 6. The van der Waals surface area contributed by atoms with Gasteiger partial charge in [-0.2, -0.15) is 0 Å². The molecule has 0 heterocycles. The van der Waals surface area contributed by atoms with Gasteiger partial charge in [-0.3, -0.25) is 0 Å². The van der Waals surface area contributed by atoms with E-state index in [0.717, 1.165) is 34.5 Å². The Labute approximate surface area is 434 Å². The lowest BCUT2D eigenvalue weighted by Crippen LogP contribution is -2.01. The number of rotatable bonds is 14. The molecule has 10 aromatic rings. The van der Waals surface area contributed by atoms with Gasteiger partial charge in [0.05, 0.1) is 9.79 Å². The van der Waals surface area contributed by atoms with Gasteiger partial charge in [-0.1, -0.05) is 6.07 Å². The van der Waals surface area contributed by atoms with Gasteiger partial charge in [0, 0.05) is 40.2 Å². The van der Waals surface area contributed by atoms with E-state index in [4.69, 9.17) is 62.8 Å². The predicted octanol–water partition coefficient (Wildman–Crippen LogP) is 14.1. The number of benzene rings is 10. The molecule has 0 fully saturated rings. The Morgan fingerprint density at radius 1 is 0.213 bits per heavy atom. The number of hydrogen-bond acceptors (Lipinski definition) is 14. The first kappa shape index (κ1) is 51.1. The summed E-state index contributed by atoms with van der Waals surface area (Å²) in [5.41, 5.74) is 38.0. The van der Waals surface area contributed by atoms with Gasteiger partial charge in [0.2, 0.25) is 9.84 Å². The van der Waals surface area contributed by atoms with E-state index in [1.807, 2.05) is 97.1 Å². The zero-order valence-corrected chi connectivity index (χ0v) is 41.0. The van der Waals surface area contributed by atoms with Gasteiger partial charge >= 0.3 is 0 Å². The van der Waals surface area contributed by atoms with Gasteiger partial charge in [-0.05, 0) is 231 Å². The van der Waals surface area contributed by atoms with Crippen molar-refractivity contribution in [1.82, 2.24) is 0 Å². The third-order valence-electron chi connectivity index (χ3n) is 10.6. The Balaban J connectivity index is 0.000000153. The van der Waals surface area contributed by atoms with Crippen LogP contribution in [0.1, 0.15) is 0 Å². The van der Waals surface area contributed by atoms with Crippen LogP contribution in [0, 0.1) is 0 Å². The normalized spacial score (nSPS) is 10.6. The lowest BCUT2D eigenvalue weighted by Gasteiger charge is -2.09. The van der Waals surface area contributed by atoms with Crippen LogP contribution in [-0.2, 0) is 9.84 Å². The highest BCUT2D eigenvalue weighted by Gasteiger charge is 2.18. The van der Waals surface area contributed by atoms with Crippen molar-refractivity contribution in [3.05, 3.63) is 243 Å². The smallest absolute Gasteiger partial charge is 0.206 e. The first-order valence-electron chi connectivity index (χ1n) is 23.1. The molecule has 0 saturated heterocycles. The number of hydrogen-bond donors (Lipinski definition) is 6. The first-order valence-corrected chi connectivity index (χ1v) is 24.6. The highest BCUT2D eigenvalue weighted by Crippen LogP contribution is 2.32. The molecule has 0 aromatic heterocycles. The van der Waals surface area contributed by atoms with Crippen molar-refractivity contribution >= 4 is 44.0 Å². The SMILES string of the molecule is Nc1ccc(Oc2ccc(Oc3ccc(N)cc3)cc2)cc1.Nc1ccc(Oc2ccc(S(=O)(=O)c3ccc(Oc4ccc(N)cc4)cc3)cc2)cc1.Nc1ccc(Oc2cccc(Oc3ccc(N)cc3)c2)cc1. The summed E-state index contributed by atoms with van der Waals surface area (Å²) in [6.45, 7) is 0. The fourth-order valence-electron chi connectivity index (χ4n) is 6.72. The average Bonchev–Trinajstić information content (AvgIpc) is 3.42.